The summed E-state index contributed by atoms with van der Waals surface area (Å²) in [6.45, 7) is 4.70. The first-order valence-corrected chi connectivity index (χ1v) is 12.3. The first-order valence-electron chi connectivity index (χ1n) is 12.3. The molecule has 1 N–H and O–H groups in total. The van der Waals surface area contributed by atoms with E-state index in [1.54, 1.807) is 48.5 Å². The number of nitrogens with one attached hydrogen (secondary N) is 1. The predicted molar refractivity (Wildman–Crippen MR) is 137 cm³/mol. The summed E-state index contributed by atoms with van der Waals surface area (Å²) in [6.07, 6.45) is -3.84. The Kier molecular flexibility index (Phi) is 6.47. The third-order valence-corrected chi connectivity index (χ3v) is 6.89. The summed E-state index contributed by atoms with van der Waals surface area (Å²) < 4.78 is 22.7. The lowest BCUT2D eigenvalue weighted by Gasteiger charge is -2.49. The van der Waals surface area contributed by atoms with E-state index >= 15 is 0 Å². The van der Waals surface area contributed by atoms with Gasteiger partial charge in [0, 0.05) is 37.6 Å². The number of benzene rings is 2. The molecule has 0 bridgehead atoms. The van der Waals surface area contributed by atoms with E-state index in [0.717, 1.165) is 6.92 Å². The highest BCUT2D eigenvalue weighted by atomic mass is 16.7. The third kappa shape index (κ3) is 4.34. The van der Waals surface area contributed by atoms with Crippen LogP contribution in [-0.2, 0) is 42.9 Å². The number of esters is 3. The maximum absolute atomic E-state index is 14.2. The standard InChI is InChI=1S/C28H26N2O9/c1-14(31)37-21-13-36-27(24(38-15(2)32)28(21,4)39-16(3)33)30-20-12-8-6-10-18(20)23(26(30)35)22-17-9-5-7-11-19(17)29-25(22)34/h5-12,21,24,27H,13H2,1-4H3,(H,29,34)/b23-22+. The largest absolute Gasteiger partial charge is 0.456 e. The number of para-hydroxylation sites is 2. The van der Waals surface area contributed by atoms with Gasteiger partial charge < -0.3 is 24.3 Å². The van der Waals surface area contributed by atoms with Gasteiger partial charge in [0.15, 0.2) is 24.0 Å². The van der Waals surface area contributed by atoms with Crippen molar-refractivity contribution in [1.29, 1.82) is 0 Å². The Labute approximate surface area is 223 Å². The molecule has 2 aromatic rings. The van der Waals surface area contributed by atoms with Gasteiger partial charge in [0.05, 0.1) is 23.4 Å². The van der Waals surface area contributed by atoms with Crippen LogP contribution in [-0.4, -0.2) is 60.4 Å². The van der Waals surface area contributed by atoms with Crippen molar-refractivity contribution >= 4 is 52.2 Å². The number of rotatable bonds is 4. The predicted octanol–water partition coefficient (Wildman–Crippen LogP) is 2.44. The van der Waals surface area contributed by atoms with E-state index in [0.29, 0.717) is 22.5 Å². The first kappa shape index (κ1) is 26.1. The van der Waals surface area contributed by atoms with E-state index in [4.69, 9.17) is 18.9 Å². The Balaban J connectivity index is 1.66. The first-order chi connectivity index (χ1) is 18.5. The molecule has 0 spiro atoms. The average molecular weight is 535 g/mol. The fraction of sp³-hybridized carbons (Fsp3) is 0.321. The van der Waals surface area contributed by atoms with Crippen LogP contribution in [0.15, 0.2) is 48.5 Å². The number of hydrogen-bond donors (Lipinski definition) is 1. The van der Waals surface area contributed by atoms with Gasteiger partial charge in [0.2, 0.25) is 0 Å². The Morgan fingerprint density at radius 3 is 2.21 bits per heavy atom. The van der Waals surface area contributed by atoms with Gasteiger partial charge in [-0.3, -0.25) is 28.9 Å². The highest BCUT2D eigenvalue weighted by Crippen LogP contribution is 2.47. The lowest BCUT2D eigenvalue weighted by molar-refractivity contribution is -0.258. The van der Waals surface area contributed by atoms with Gasteiger partial charge in [-0.2, -0.15) is 0 Å². The minimum Gasteiger partial charge on any atom is -0.456 e. The number of carbonyl (C=O) groups is 5. The molecular weight excluding hydrogens is 508 g/mol. The molecule has 0 saturated carbocycles. The fourth-order valence-corrected chi connectivity index (χ4v) is 5.35. The maximum Gasteiger partial charge on any atom is 0.303 e. The molecule has 0 radical (unpaired) electrons. The Morgan fingerprint density at radius 2 is 1.54 bits per heavy atom. The van der Waals surface area contributed by atoms with E-state index in [9.17, 15) is 24.0 Å². The van der Waals surface area contributed by atoms with Crippen LogP contribution in [0.2, 0.25) is 0 Å². The number of carbonyl (C=O) groups excluding carboxylic acids is 5. The van der Waals surface area contributed by atoms with E-state index in [1.807, 2.05) is 0 Å². The second-order valence-electron chi connectivity index (χ2n) is 9.57. The highest BCUT2D eigenvalue weighted by Gasteiger charge is 2.60. The summed E-state index contributed by atoms with van der Waals surface area (Å²) in [5.74, 6) is -3.13. The number of nitrogens with zero attached hydrogens (tertiary/aromatic N) is 1. The Bertz CT molecular complexity index is 1450. The summed E-state index contributed by atoms with van der Waals surface area (Å²) in [6, 6.07) is 13.9. The molecule has 3 heterocycles. The SMILES string of the molecule is CC(=O)OC1COC(N2C(=O)/C(=C3/C(=O)Nc4ccccc43)c3ccccc32)C(OC(C)=O)C1(C)OC(C)=O. The van der Waals surface area contributed by atoms with Crippen LogP contribution < -0.4 is 10.2 Å². The van der Waals surface area contributed by atoms with Crippen LogP contribution in [0.1, 0.15) is 38.8 Å². The van der Waals surface area contributed by atoms with E-state index in [-0.39, 0.29) is 17.8 Å². The molecule has 2 amide bonds. The molecule has 1 saturated heterocycles. The van der Waals surface area contributed by atoms with Crippen molar-refractivity contribution < 1.29 is 42.9 Å². The molecule has 2 aromatic carbocycles. The topological polar surface area (TPSA) is 138 Å². The van der Waals surface area contributed by atoms with E-state index in [2.05, 4.69) is 5.32 Å². The van der Waals surface area contributed by atoms with E-state index in [1.165, 1.54) is 25.7 Å². The number of fused-ring (bicyclic) bond motifs is 2. The zero-order chi connectivity index (χ0) is 28.1. The van der Waals surface area contributed by atoms with Gasteiger partial charge >= 0.3 is 17.9 Å². The van der Waals surface area contributed by atoms with Crippen molar-refractivity contribution in [3.05, 3.63) is 59.7 Å². The van der Waals surface area contributed by atoms with Crippen molar-refractivity contribution in [3.63, 3.8) is 0 Å². The highest BCUT2D eigenvalue weighted by molar-refractivity contribution is 6.49. The van der Waals surface area contributed by atoms with Crippen LogP contribution in [0.4, 0.5) is 11.4 Å². The molecule has 1 fully saturated rings. The lowest BCUT2D eigenvalue weighted by Crippen LogP contribution is -2.69. The minimum atomic E-state index is -1.71. The van der Waals surface area contributed by atoms with Crippen molar-refractivity contribution in [2.45, 2.75) is 51.7 Å². The summed E-state index contributed by atoms with van der Waals surface area (Å²) in [5, 5.41) is 2.79. The van der Waals surface area contributed by atoms with Gasteiger partial charge in [-0.25, -0.2) is 0 Å². The van der Waals surface area contributed by atoms with Gasteiger partial charge in [-0.1, -0.05) is 36.4 Å². The monoisotopic (exact) mass is 534 g/mol. The number of hydrogen-bond acceptors (Lipinski definition) is 9. The summed E-state index contributed by atoms with van der Waals surface area (Å²) >= 11 is 0. The molecular formula is C28H26N2O9. The molecule has 3 aliphatic heterocycles. The van der Waals surface area contributed by atoms with Gasteiger partial charge in [0.1, 0.15) is 0 Å². The van der Waals surface area contributed by atoms with Gasteiger partial charge in [-0.15, -0.1) is 0 Å². The summed E-state index contributed by atoms with van der Waals surface area (Å²) in [4.78, 5) is 64.9. The van der Waals surface area contributed by atoms with Gasteiger partial charge in [-0.05, 0) is 19.1 Å². The molecule has 4 unspecified atom stereocenters. The smallest absolute Gasteiger partial charge is 0.303 e. The lowest BCUT2D eigenvalue weighted by atomic mass is 9.87. The molecule has 0 aliphatic carbocycles. The van der Waals surface area contributed by atoms with Crippen LogP contribution >= 0.6 is 0 Å². The number of amides is 2. The molecule has 4 atom stereocenters. The molecule has 202 valence electrons. The van der Waals surface area contributed by atoms with Crippen molar-refractivity contribution in [2.24, 2.45) is 0 Å². The average Bonchev–Trinajstić information content (AvgIpc) is 3.33. The third-order valence-electron chi connectivity index (χ3n) is 6.89. The Hall–Kier alpha value is -4.51. The molecule has 0 aromatic heterocycles. The normalized spacial score (nSPS) is 27.4. The van der Waals surface area contributed by atoms with Crippen molar-refractivity contribution in [3.8, 4) is 0 Å². The quantitative estimate of drug-likeness (QED) is 0.356. The van der Waals surface area contributed by atoms with Crippen molar-refractivity contribution in [1.82, 2.24) is 0 Å². The van der Waals surface area contributed by atoms with Crippen LogP contribution in [0, 0.1) is 0 Å². The van der Waals surface area contributed by atoms with Gasteiger partial charge in [0.25, 0.3) is 11.8 Å². The molecule has 5 rings (SSSR count). The molecule has 11 heteroatoms. The van der Waals surface area contributed by atoms with Crippen LogP contribution in [0.25, 0.3) is 11.1 Å². The fourth-order valence-electron chi connectivity index (χ4n) is 5.35. The zero-order valence-electron chi connectivity index (χ0n) is 21.7. The molecule has 11 nitrogen and oxygen atoms in total. The molecule has 39 heavy (non-hydrogen) atoms. The maximum atomic E-state index is 14.2. The van der Waals surface area contributed by atoms with Crippen LogP contribution in [0.3, 0.4) is 0 Å². The summed E-state index contributed by atoms with van der Waals surface area (Å²) in [5.41, 5.74) is 0.663. The summed E-state index contributed by atoms with van der Waals surface area (Å²) in [7, 11) is 0. The van der Waals surface area contributed by atoms with E-state index < -0.39 is 53.8 Å². The second-order valence-corrected chi connectivity index (χ2v) is 9.57. The molecule has 3 aliphatic rings. The minimum absolute atomic E-state index is 0.148. The number of anilines is 2. The van der Waals surface area contributed by atoms with Crippen LogP contribution in [0.5, 0.6) is 0 Å². The second kappa shape index (κ2) is 9.66. The zero-order valence-corrected chi connectivity index (χ0v) is 21.7. The number of ether oxygens (including phenoxy) is 4. The Morgan fingerprint density at radius 1 is 0.897 bits per heavy atom. The van der Waals surface area contributed by atoms with Crippen molar-refractivity contribution in [2.75, 3.05) is 16.8 Å².